The van der Waals surface area contributed by atoms with Crippen LogP contribution >= 0.6 is 0 Å². The molecule has 0 radical (unpaired) electrons. The first-order valence-corrected chi connectivity index (χ1v) is 4.92. The first kappa shape index (κ1) is 20.8. The Balaban J connectivity index is 6.23. The minimum Gasteiger partial charge on any atom is -0.241 e. The number of halogens is 13. The lowest BCUT2D eigenvalue weighted by atomic mass is 9.92. The van der Waals surface area contributed by atoms with Crippen LogP contribution in [-0.2, 0) is 0 Å². The van der Waals surface area contributed by atoms with Gasteiger partial charge in [0, 0.05) is 0 Å². The second-order valence-electron chi connectivity index (χ2n) is 3.99. The Labute approximate surface area is 113 Å². The molecule has 0 amide bonds. The van der Waals surface area contributed by atoms with Crippen molar-refractivity contribution in [2.45, 2.75) is 42.7 Å². The Morgan fingerprint density at radius 2 is 1.14 bits per heavy atom. The number of hydrogen-bond acceptors (Lipinski definition) is 0. The molecule has 0 fully saturated rings. The Morgan fingerprint density at radius 1 is 0.773 bits per heavy atom. The van der Waals surface area contributed by atoms with Gasteiger partial charge in [-0.2, -0.15) is 43.9 Å². The van der Waals surface area contributed by atoms with Gasteiger partial charge in [0.1, 0.15) is 6.33 Å². The van der Waals surface area contributed by atoms with Crippen molar-refractivity contribution in [2.75, 3.05) is 0 Å². The summed E-state index contributed by atoms with van der Waals surface area (Å²) in [6.45, 7) is -0.428. The molecule has 0 spiro atoms. The Hall–Kier alpha value is -1.17. The maximum Gasteiger partial charge on any atom is 0.385 e. The van der Waals surface area contributed by atoms with Crippen molar-refractivity contribution >= 4 is 0 Å². The normalized spacial score (nSPS) is 17.6. The van der Waals surface area contributed by atoms with Gasteiger partial charge in [-0.1, -0.05) is 0 Å². The van der Waals surface area contributed by atoms with Crippen molar-refractivity contribution in [3.8, 4) is 0 Å². The molecular formula is C9H5F13. The first-order valence-electron chi connectivity index (χ1n) is 4.92. The molecule has 0 aromatic rings. The number of hydrogen-bond donors (Lipinski definition) is 0. The van der Waals surface area contributed by atoms with Crippen molar-refractivity contribution < 1.29 is 57.1 Å². The third kappa shape index (κ3) is 2.51. The Kier molecular flexibility index (Phi) is 5.19. The summed E-state index contributed by atoms with van der Waals surface area (Å²) >= 11 is 0. The monoisotopic (exact) mass is 360 g/mol. The van der Waals surface area contributed by atoms with Crippen LogP contribution < -0.4 is 0 Å². The molecule has 1 unspecified atom stereocenters. The largest absolute Gasteiger partial charge is 0.385 e. The van der Waals surface area contributed by atoms with E-state index >= 15 is 0 Å². The standard InChI is InChI=1S/C9H5F13/c1-3(11)5(13,14)7(17,18)9(21,22)8(19,20)6(15,16)4(12)2-10/h2-3H,1H3. The van der Waals surface area contributed by atoms with E-state index in [1.54, 1.807) is 0 Å². The molecule has 0 heterocycles. The van der Waals surface area contributed by atoms with Crippen molar-refractivity contribution in [1.82, 2.24) is 0 Å². The lowest BCUT2D eigenvalue weighted by Gasteiger charge is -2.39. The summed E-state index contributed by atoms with van der Waals surface area (Å²) < 4.78 is 164. The van der Waals surface area contributed by atoms with Crippen LogP contribution in [0.4, 0.5) is 57.1 Å². The minimum absolute atomic E-state index is 0.428. The fourth-order valence-electron chi connectivity index (χ4n) is 1.07. The van der Waals surface area contributed by atoms with Crippen LogP contribution in [0, 0.1) is 0 Å². The van der Waals surface area contributed by atoms with Gasteiger partial charge in [-0.15, -0.1) is 0 Å². The van der Waals surface area contributed by atoms with Gasteiger partial charge in [-0.05, 0) is 6.92 Å². The zero-order chi connectivity index (χ0) is 18.4. The second-order valence-corrected chi connectivity index (χ2v) is 3.99. The van der Waals surface area contributed by atoms with Crippen LogP contribution in [0.1, 0.15) is 6.92 Å². The van der Waals surface area contributed by atoms with Gasteiger partial charge in [0.2, 0.25) is 5.83 Å². The third-order valence-corrected chi connectivity index (χ3v) is 2.50. The molecule has 0 aliphatic rings. The van der Waals surface area contributed by atoms with Crippen LogP contribution in [-0.4, -0.2) is 35.8 Å². The molecule has 0 N–H and O–H groups in total. The van der Waals surface area contributed by atoms with Gasteiger partial charge in [0.15, 0.2) is 6.17 Å². The molecular weight excluding hydrogens is 355 g/mol. The van der Waals surface area contributed by atoms with E-state index in [1.807, 2.05) is 0 Å². The molecule has 0 aliphatic heterocycles. The molecule has 0 aromatic carbocycles. The van der Waals surface area contributed by atoms with Crippen molar-refractivity contribution in [2.24, 2.45) is 0 Å². The number of rotatable bonds is 6. The summed E-state index contributed by atoms with van der Waals surface area (Å²) in [5.41, 5.74) is 0. The highest BCUT2D eigenvalue weighted by Crippen LogP contribution is 2.59. The van der Waals surface area contributed by atoms with Crippen molar-refractivity contribution in [3.05, 3.63) is 12.2 Å². The fraction of sp³-hybridized carbons (Fsp3) is 0.778. The smallest absolute Gasteiger partial charge is 0.241 e. The summed E-state index contributed by atoms with van der Waals surface area (Å²) in [5.74, 6) is -39.8. The summed E-state index contributed by atoms with van der Waals surface area (Å²) in [6, 6.07) is 0. The average molecular weight is 360 g/mol. The van der Waals surface area contributed by atoms with Crippen LogP contribution in [0.25, 0.3) is 0 Å². The predicted octanol–water partition coefficient (Wildman–Crippen LogP) is 5.30. The highest BCUT2D eigenvalue weighted by molar-refractivity contribution is 5.17. The summed E-state index contributed by atoms with van der Waals surface area (Å²) in [5, 5.41) is 0. The first-order chi connectivity index (χ1) is 9.42. The van der Waals surface area contributed by atoms with Gasteiger partial charge in [0.25, 0.3) is 0 Å². The van der Waals surface area contributed by atoms with Crippen molar-refractivity contribution in [3.63, 3.8) is 0 Å². The molecule has 0 aromatic heterocycles. The van der Waals surface area contributed by atoms with Crippen LogP contribution in [0.2, 0.25) is 0 Å². The molecule has 22 heavy (non-hydrogen) atoms. The van der Waals surface area contributed by atoms with E-state index in [1.165, 1.54) is 0 Å². The zero-order valence-corrected chi connectivity index (χ0v) is 10.1. The van der Waals surface area contributed by atoms with E-state index < -0.39 is 54.9 Å². The summed E-state index contributed by atoms with van der Waals surface area (Å²) in [7, 11) is 0. The SMILES string of the molecule is CC(F)C(F)(F)C(F)(F)C(F)(F)C(F)(F)C(F)(F)C(F)=CF. The van der Waals surface area contributed by atoms with E-state index in [2.05, 4.69) is 0 Å². The molecule has 132 valence electrons. The van der Waals surface area contributed by atoms with Gasteiger partial charge in [-0.3, -0.25) is 0 Å². The quantitative estimate of drug-likeness (QED) is 0.564. The van der Waals surface area contributed by atoms with E-state index in [9.17, 15) is 57.1 Å². The Bertz CT molecular complexity index is 433. The molecule has 1 atom stereocenters. The number of alkyl halides is 11. The van der Waals surface area contributed by atoms with Gasteiger partial charge >= 0.3 is 29.6 Å². The maximum atomic E-state index is 12.9. The van der Waals surface area contributed by atoms with Gasteiger partial charge in [0.05, 0.1) is 0 Å². The topological polar surface area (TPSA) is 0 Å². The average Bonchev–Trinajstić information content (AvgIpc) is 2.36. The molecule has 0 saturated heterocycles. The highest BCUT2D eigenvalue weighted by Gasteiger charge is 2.87. The van der Waals surface area contributed by atoms with Gasteiger partial charge in [-0.25, -0.2) is 13.2 Å². The lowest BCUT2D eigenvalue weighted by molar-refractivity contribution is -0.403. The van der Waals surface area contributed by atoms with Crippen LogP contribution in [0.15, 0.2) is 12.2 Å². The summed E-state index contributed by atoms with van der Waals surface area (Å²) in [6.07, 6.45) is -6.10. The van der Waals surface area contributed by atoms with Crippen LogP contribution in [0.3, 0.4) is 0 Å². The summed E-state index contributed by atoms with van der Waals surface area (Å²) in [4.78, 5) is 0. The van der Waals surface area contributed by atoms with E-state index in [4.69, 9.17) is 0 Å². The molecule has 13 heteroatoms. The molecule has 0 saturated carbocycles. The van der Waals surface area contributed by atoms with E-state index in [0.717, 1.165) is 0 Å². The molecule has 0 nitrogen and oxygen atoms in total. The van der Waals surface area contributed by atoms with Crippen LogP contribution in [0.5, 0.6) is 0 Å². The van der Waals surface area contributed by atoms with Gasteiger partial charge < -0.3 is 0 Å². The number of allylic oxidation sites excluding steroid dienone is 1. The van der Waals surface area contributed by atoms with E-state index in [-0.39, 0.29) is 0 Å². The Morgan fingerprint density at radius 3 is 1.41 bits per heavy atom. The fourth-order valence-corrected chi connectivity index (χ4v) is 1.07. The molecule has 0 bridgehead atoms. The van der Waals surface area contributed by atoms with E-state index in [0.29, 0.717) is 0 Å². The molecule has 0 aliphatic carbocycles. The third-order valence-electron chi connectivity index (χ3n) is 2.50. The maximum absolute atomic E-state index is 12.9. The van der Waals surface area contributed by atoms with Crippen molar-refractivity contribution in [1.29, 1.82) is 0 Å². The zero-order valence-electron chi connectivity index (χ0n) is 10.1. The highest BCUT2D eigenvalue weighted by atomic mass is 19.4. The predicted molar refractivity (Wildman–Crippen MR) is 45.6 cm³/mol. The second kappa shape index (κ2) is 5.48. The minimum atomic E-state index is -7.63. The lowest BCUT2D eigenvalue weighted by Crippen LogP contribution is -2.68. The molecule has 0 rings (SSSR count).